The number of halogens is 1. The minimum Gasteiger partial charge on any atom is -0.497 e. The second-order valence-corrected chi connectivity index (χ2v) is 6.52. The Balaban J connectivity index is 0.00000280. The summed E-state index contributed by atoms with van der Waals surface area (Å²) in [6.07, 6.45) is 4.90. The number of methoxy groups -OCH3 is 2. The third-order valence-corrected chi connectivity index (χ3v) is 4.66. The van der Waals surface area contributed by atoms with Crippen molar-refractivity contribution in [1.82, 2.24) is 0 Å². The highest BCUT2D eigenvalue weighted by Gasteiger charge is 2.18. The molecule has 0 aromatic heterocycles. The number of rotatable bonds is 7. The molecule has 0 atom stereocenters. The van der Waals surface area contributed by atoms with Gasteiger partial charge < -0.3 is 25.3 Å². The van der Waals surface area contributed by atoms with Crippen LogP contribution in [-0.4, -0.2) is 26.3 Å². The van der Waals surface area contributed by atoms with Gasteiger partial charge in [-0.15, -0.1) is 24.0 Å². The van der Waals surface area contributed by atoms with Crippen LogP contribution in [0.1, 0.15) is 31.2 Å². The lowest BCUT2D eigenvalue weighted by molar-refractivity contribution is 0.207. The highest BCUT2D eigenvalue weighted by atomic mass is 127. The number of benzene rings is 2. The number of nitrogens with one attached hydrogen (secondary N) is 1. The zero-order valence-electron chi connectivity index (χ0n) is 16.3. The Bertz CT molecular complexity index is 792. The Morgan fingerprint density at radius 1 is 1.07 bits per heavy atom. The predicted octanol–water partition coefficient (Wildman–Crippen LogP) is 4.57. The van der Waals surface area contributed by atoms with E-state index >= 15 is 0 Å². The summed E-state index contributed by atoms with van der Waals surface area (Å²) >= 11 is 0. The first-order chi connectivity index (χ1) is 13.2. The van der Waals surface area contributed by atoms with Crippen molar-refractivity contribution in [3.8, 4) is 17.2 Å². The van der Waals surface area contributed by atoms with Crippen LogP contribution in [0.4, 0.5) is 5.69 Å². The van der Waals surface area contributed by atoms with Gasteiger partial charge in [0, 0.05) is 11.6 Å². The zero-order valence-corrected chi connectivity index (χ0v) is 18.6. The van der Waals surface area contributed by atoms with Crippen LogP contribution in [0, 0.1) is 0 Å². The Kier molecular flexibility index (Phi) is 8.69. The second-order valence-electron chi connectivity index (χ2n) is 6.52. The largest absolute Gasteiger partial charge is 0.497 e. The highest BCUT2D eigenvalue weighted by Crippen LogP contribution is 2.30. The molecular weight excluding hydrogens is 469 g/mol. The van der Waals surface area contributed by atoms with E-state index in [-0.39, 0.29) is 30.1 Å². The number of guanidine groups is 1. The summed E-state index contributed by atoms with van der Waals surface area (Å²) in [5.41, 5.74) is 7.82. The molecule has 6 nitrogen and oxygen atoms in total. The monoisotopic (exact) mass is 497 g/mol. The van der Waals surface area contributed by atoms with E-state index in [0.717, 1.165) is 35.6 Å². The predicted molar refractivity (Wildman–Crippen MR) is 123 cm³/mol. The number of anilines is 1. The van der Waals surface area contributed by atoms with Crippen LogP contribution in [0.25, 0.3) is 0 Å². The quantitative estimate of drug-likeness (QED) is 0.333. The van der Waals surface area contributed by atoms with E-state index in [0.29, 0.717) is 18.3 Å². The molecule has 1 aliphatic carbocycles. The van der Waals surface area contributed by atoms with Gasteiger partial charge in [0.05, 0.1) is 32.6 Å². The van der Waals surface area contributed by atoms with E-state index in [4.69, 9.17) is 19.9 Å². The van der Waals surface area contributed by atoms with Crippen LogP contribution in [0.5, 0.6) is 17.2 Å². The minimum absolute atomic E-state index is 0. The second kappa shape index (κ2) is 11.0. The molecule has 0 saturated heterocycles. The fourth-order valence-corrected chi connectivity index (χ4v) is 3.18. The van der Waals surface area contributed by atoms with Gasteiger partial charge in [-0.2, -0.15) is 0 Å². The van der Waals surface area contributed by atoms with Gasteiger partial charge in [0.2, 0.25) is 0 Å². The molecule has 3 N–H and O–H groups in total. The van der Waals surface area contributed by atoms with Crippen molar-refractivity contribution < 1.29 is 14.2 Å². The first kappa shape index (κ1) is 22.1. The number of nitrogens with two attached hydrogens (primary N) is 1. The Morgan fingerprint density at radius 3 is 2.54 bits per heavy atom. The van der Waals surface area contributed by atoms with Crippen LogP contribution in [0.2, 0.25) is 0 Å². The van der Waals surface area contributed by atoms with Crippen LogP contribution in [-0.2, 0) is 6.54 Å². The summed E-state index contributed by atoms with van der Waals surface area (Å²) in [6, 6.07) is 13.4. The van der Waals surface area contributed by atoms with E-state index in [2.05, 4.69) is 10.3 Å². The number of ether oxygens (including phenoxy) is 3. The summed E-state index contributed by atoms with van der Waals surface area (Å²) in [4.78, 5) is 4.46. The molecule has 0 unspecified atom stereocenters. The maximum atomic E-state index is 6.21. The van der Waals surface area contributed by atoms with E-state index in [9.17, 15) is 0 Å². The molecule has 0 radical (unpaired) electrons. The molecule has 1 aliphatic rings. The van der Waals surface area contributed by atoms with Crippen molar-refractivity contribution in [1.29, 1.82) is 0 Å². The number of hydrogen-bond donors (Lipinski definition) is 2. The van der Waals surface area contributed by atoms with Gasteiger partial charge >= 0.3 is 0 Å². The third-order valence-electron chi connectivity index (χ3n) is 4.66. The Labute approximate surface area is 183 Å². The Morgan fingerprint density at radius 2 is 1.82 bits per heavy atom. The molecule has 0 heterocycles. The minimum atomic E-state index is 0. The molecule has 2 aromatic rings. The molecule has 0 amide bonds. The van der Waals surface area contributed by atoms with Gasteiger partial charge in [-0.25, -0.2) is 4.99 Å². The SMILES string of the molecule is COc1ccc(CN=C(N)Nc2ccccc2OC)c(OC2CCCC2)c1.I. The van der Waals surface area contributed by atoms with Crippen LogP contribution >= 0.6 is 24.0 Å². The first-order valence-electron chi connectivity index (χ1n) is 9.23. The fraction of sp³-hybridized carbons (Fsp3) is 0.381. The topological polar surface area (TPSA) is 78.1 Å². The summed E-state index contributed by atoms with van der Waals surface area (Å²) in [5.74, 6) is 2.62. The van der Waals surface area contributed by atoms with E-state index < -0.39 is 0 Å². The van der Waals surface area contributed by atoms with Crippen LogP contribution in [0.3, 0.4) is 0 Å². The average Bonchev–Trinajstić information content (AvgIpc) is 3.20. The number of para-hydroxylation sites is 2. The lowest BCUT2D eigenvalue weighted by atomic mass is 10.2. The zero-order chi connectivity index (χ0) is 19.1. The molecule has 0 aliphatic heterocycles. The van der Waals surface area contributed by atoms with Gasteiger partial charge in [0.15, 0.2) is 5.96 Å². The van der Waals surface area contributed by atoms with Gasteiger partial charge in [-0.1, -0.05) is 12.1 Å². The van der Waals surface area contributed by atoms with Crippen molar-refractivity contribution in [2.45, 2.75) is 38.3 Å². The number of nitrogens with zero attached hydrogens (tertiary/aromatic N) is 1. The maximum absolute atomic E-state index is 6.21. The van der Waals surface area contributed by atoms with Gasteiger partial charge in [-0.05, 0) is 49.9 Å². The van der Waals surface area contributed by atoms with Crippen LogP contribution < -0.4 is 25.3 Å². The van der Waals surface area contributed by atoms with Crippen molar-refractivity contribution >= 4 is 35.6 Å². The smallest absolute Gasteiger partial charge is 0.193 e. The van der Waals surface area contributed by atoms with E-state index in [1.165, 1.54) is 12.8 Å². The molecule has 1 saturated carbocycles. The summed E-state index contributed by atoms with van der Waals surface area (Å²) in [5, 5.41) is 3.08. The van der Waals surface area contributed by atoms with Crippen molar-refractivity contribution in [3.63, 3.8) is 0 Å². The van der Waals surface area contributed by atoms with Gasteiger partial charge in [0.1, 0.15) is 17.2 Å². The average molecular weight is 497 g/mol. The summed E-state index contributed by atoms with van der Waals surface area (Å²) in [7, 11) is 3.28. The molecule has 0 spiro atoms. The van der Waals surface area contributed by atoms with Crippen molar-refractivity contribution in [3.05, 3.63) is 48.0 Å². The Hall–Kier alpha value is -2.16. The summed E-state index contributed by atoms with van der Waals surface area (Å²) < 4.78 is 16.9. The fourth-order valence-electron chi connectivity index (χ4n) is 3.18. The molecule has 152 valence electrons. The molecule has 3 rings (SSSR count). The molecule has 0 bridgehead atoms. The highest BCUT2D eigenvalue weighted by molar-refractivity contribution is 14.0. The van der Waals surface area contributed by atoms with E-state index in [1.807, 2.05) is 42.5 Å². The molecule has 2 aromatic carbocycles. The molecule has 28 heavy (non-hydrogen) atoms. The third kappa shape index (κ3) is 5.92. The normalized spacial score (nSPS) is 14.3. The summed E-state index contributed by atoms with van der Waals surface area (Å²) in [6.45, 7) is 0.417. The van der Waals surface area contributed by atoms with Crippen molar-refractivity contribution in [2.75, 3.05) is 19.5 Å². The number of aliphatic imine (C=N–C) groups is 1. The molecule has 7 heteroatoms. The lowest BCUT2D eigenvalue weighted by Gasteiger charge is -2.17. The number of hydrogen-bond acceptors (Lipinski definition) is 4. The van der Waals surface area contributed by atoms with Crippen molar-refractivity contribution in [2.24, 2.45) is 10.7 Å². The van der Waals surface area contributed by atoms with Crippen LogP contribution in [0.15, 0.2) is 47.5 Å². The standard InChI is InChI=1S/C21H27N3O3.HI/c1-25-17-12-11-15(20(13-17)27-16-7-3-4-8-16)14-23-21(22)24-18-9-5-6-10-19(18)26-2;/h5-6,9-13,16H,3-4,7-8,14H2,1-2H3,(H3,22,23,24);1H. The first-order valence-corrected chi connectivity index (χ1v) is 9.23. The molecular formula is C21H28IN3O3. The van der Waals surface area contributed by atoms with Gasteiger partial charge in [-0.3, -0.25) is 0 Å². The maximum Gasteiger partial charge on any atom is 0.193 e. The van der Waals surface area contributed by atoms with E-state index in [1.54, 1.807) is 14.2 Å². The van der Waals surface area contributed by atoms with Gasteiger partial charge in [0.25, 0.3) is 0 Å². The molecule has 1 fully saturated rings. The lowest BCUT2D eigenvalue weighted by Crippen LogP contribution is -2.23.